The molecule has 0 aromatic heterocycles. The van der Waals surface area contributed by atoms with E-state index < -0.39 is 10.0 Å². The van der Waals surface area contributed by atoms with Gasteiger partial charge in [0.2, 0.25) is 10.0 Å². The van der Waals surface area contributed by atoms with Crippen molar-refractivity contribution in [3.63, 3.8) is 0 Å². The Morgan fingerprint density at radius 3 is 2.24 bits per heavy atom. The lowest BCUT2D eigenvalue weighted by molar-refractivity contribution is 0.169. The number of hydrogen-bond donors (Lipinski definition) is 1. The van der Waals surface area contributed by atoms with Crippen molar-refractivity contribution in [1.29, 1.82) is 0 Å². The largest absolute Gasteiger partial charge is 0.398 e. The molecule has 0 aliphatic carbocycles. The number of sulfonamides is 1. The monoisotopic (exact) mass is 310 g/mol. The van der Waals surface area contributed by atoms with Gasteiger partial charge in [-0.1, -0.05) is 20.3 Å². The summed E-state index contributed by atoms with van der Waals surface area (Å²) in [7, 11) is -3.48. The Morgan fingerprint density at radius 1 is 1.19 bits per heavy atom. The van der Waals surface area contributed by atoms with Crippen molar-refractivity contribution in [2.45, 2.75) is 51.9 Å². The molecule has 0 spiro atoms. The first-order chi connectivity index (χ1) is 9.69. The third kappa shape index (κ3) is 3.09. The van der Waals surface area contributed by atoms with E-state index in [1.54, 1.807) is 16.4 Å². The molecule has 1 aliphatic heterocycles. The summed E-state index contributed by atoms with van der Waals surface area (Å²) in [6.07, 6.45) is 2.91. The molecule has 0 bridgehead atoms. The SMILES string of the molecule is CCC1(C)CCN(S(=O)(=O)c2cc(C)c(C)cc2N)CC1. The molecule has 1 heterocycles. The molecule has 4 nitrogen and oxygen atoms in total. The molecule has 0 amide bonds. The molecule has 0 radical (unpaired) electrons. The third-order valence-corrected chi connectivity index (χ3v) is 6.98. The molecule has 1 aromatic carbocycles. The summed E-state index contributed by atoms with van der Waals surface area (Å²) < 4.78 is 27.2. The summed E-state index contributed by atoms with van der Waals surface area (Å²) in [5.74, 6) is 0. The summed E-state index contributed by atoms with van der Waals surface area (Å²) in [5.41, 5.74) is 8.54. The van der Waals surface area contributed by atoms with Gasteiger partial charge in [0.05, 0.1) is 5.69 Å². The Hall–Kier alpha value is -1.07. The van der Waals surface area contributed by atoms with E-state index in [-0.39, 0.29) is 10.3 Å². The van der Waals surface area contributed by atoms with Crippen molar-refractivity contribution in [2.75, 3.05) is 18.8 Å². The number of nitrogen functional groups attached to an aromatic ring is 1. The predicted molar refractivity (Wildman–Crippen MR) is 86.7 cm³/mol. The lowest BCUT2D eigenvalue weighted by atomic mass is 9.79. The molecule has 1 aliphatic rings. The molecule has 0 saturated carbocycles. The average molecular weight is 310 g/mol. The van der Waals surface area contributed by atoms with Gasteiger partial charge in [0, 0.05) is 13.1 Å². The minimum Gasteiger partial charge on any atom is -0.398 e. The molecule has 21 heavy (non-hydrogen) atoms. The summed E-state index contributed by atoms with van der Waals surface area (Å²) in [6, 6.07) is 3.45. The highest BCUT2D eigenvalue weighted by Gasteiger charge is 2.35. The quantitative estimate of drug-likeness (QED) is 0.873. The molecule has 118 valence electrons. The highest BCUT2D eigenvalue weighted by Crippen LogP contribution is 2.36. The zero-order valence-corrected chi connectivity index (χ0v) is 14.3. The van der Waals surface area contributed by atoms with E-state index in [1.807, 2.05) is 13.8 Å². The fourth-order valence-electron chi connectivity index (χ4n) is 2.79. The van der Waals surface area contributed by atoms with Gasteiger partial charge in [-0.2, -0.15) is 4.31 Å². The van der Waals surface area contributed by atoms with Crippen LogP contribution in [0.4, 0.5) is 5.69 Å². The first kappa shape index (κ1) is 16.3. The maximum absolute atomic E-state index is 12.8. The highest BCUT2D eigenvalue weighted by molar-refractivity contribution is 7.89. The number of nitrogens with two attached hydrogens (primary N) is 1. The zero-order chi connectivity index (χ0) is 15.8. The first-order valence-corrected chi connectivity index (χ1v) is 9.00. The smallest absolute Gasteiger partial charge is 0.245 e. The summed E-state index contributed by atoms with van der Waals surface area (Å²) in [6.45, 7) is 9.43. The number of anilines is 1. The van der Waals surface area contributed by atoms with Crippen LogP contribution in [0, 0.1) is 19.3 Å². The standard InChI is InChI=1S/C16H26N2O2S/c1-5-16(4)6-8-18(9-7-16)21(19,20)15-11-13(3)12(2)10-14(15)17/h10-11H,5-9,17H2,1-4H3. The fourth-order valence-corrected chi connectivity index (χ4v) is 4.42. The Morgan fingerprint density at radius 2 is 1.71 bits per heavy atom. The van der Waals surface area contributed by atoms with Gasteiger partial charge in [0.15, 0.2) is 0 Å². The van der Waals surface area contributed by atoms with E-state index in [1.165, 1.54) is 0 Å². The number of benzene rings is 1. The third-order valence-electron chi connectivity index (χ3n) is 5.03. The Kier molecular flexibility index (Phi) is 4.36. The molecule has 1 aromatic rings. The van der Waals surface area contributed by atoms with E-state index >= 15 is 0 Å². The van der Waals surface area contributed by atoms with E-state index in [9.17, 15) is 8.42 Å². The van der Waals surface area contributed by atoms with Crippen molar-refractivity contribution < 1.29 is 8.42 Å². The minimum absolute atomic E-state index is 0.255. The van der Waals surface area contributed by atoms with Gasteiger partial charge < -0.3 is 5.73 Å². The molecule has 0 unspecified atom stereocenters. The van der Waals surface area contributed by atoms with Gasteiger partial charge in [-0.3, -0.25) is 0 Å². The minimum atomic E-state index is -3.48. The predicted octanol–water partition coefficient (Wildman–Crippen LogP) is 3.09. The summed E-state index contributed by atoms with van der Waals surface area (Å²) in [4.78, 5) is 0.255. The van der Waals surface area contributed by atoms with Crippen LogP contribution in [0.15, 0.2) is 17.0 Å². The summed E-state index contributed by atoms with van der Waals surface area (Å²) >= 11 is 0. The lowest BCUT2D eigenvalue weighted by Crippen LogP contribution is -2.42. The Labute approximate surface area is 128 Å². The lowest BCUT2D eigenvalue weighted by Gasteiger charge is -2.38. The van der Waals surface area contributed by atoms with Crippen LogP contribution in [-0.2, 0) is 10.0 Å². The Balaban J connectivity index is 2.30. The van der Waals surface area contributed by atoms with Crippen molar-refractivity contribution >= 4 is 15.7 Å². The highest BCUT2D eigenvalue weighted by atomic mass is 32.2. The summed E-state index contributed by atoms with van der Waals surface area (Å²) in [5, 5.41) is 0. The number of nitrogens with zero attached hydrogens (tertiary/aromatic N) is 1. The second-order valence-corrected chi connectivity index (χ2v) is 8.45. The van der Waals surface area contributed by atoms with Gasteiger partial charge in [0.1, 0.15) is 4.90 Å². The molecular formula is C16H26N2O2S. The van der Waals surface area contributed by atoms with Crippen LogP contribution < -0.4 is 5.73 Å². The van der Waals surface area contributed by atoms with Crippen molar-refractivity contribution in [2.24, 2.45) is 5.41 Å². The van der Waals surface area contributed by atoms with Crippen LogP contribution in [-0.4, -0.2) is 25.8 Å². The fraction of sp³-hybridized carbons (Fsp3) is 0.625. The van der Waals surface area contributed by atoms with Crippen LogP contribution in [0.1, 0.15) is 44.2 Å². The van der Waals surface area contributed by atoms with E-state index in [2.05, 4.69) is 13.8 Å². The molecule has 1 saturated heterocycles. The number of rotatable bonds is 3. The normalized spacial score (nSPS) is 19.6. The molecule has 0 atom stereocenters. The second kappa shape index (κ2) is 5.61. The van der Waals surface area contributed by atoms with Gasteiger partial charge in [-0.25, -0.2) is 8.42 Å². The van der Waals surface area contributed by atoms with Gasteiger partial charge in [0.25, 0.3) is 0 Å². The average Bonchev–Trinajstić information content (AvgIpc) is 2.43. The number of hydrogen-bond acceptors (Lipinski definition) is 3. The van der Waals surface area contributed by atoms with Gasteiger partial charge in [-0.05, 0) is 55.4 Å². The van der Waals surface area contributed by atoms with E-state index in [4.69, 9.17) is 5.73 Å². The second-order valence-electron chi connectivity index (χ2n) is 6.54. The number of aryl methyl sites for hydroxylation is 2. The maximum Gasteiger partial charge on any atom is 0.245 e. The van der Waals surface area contributed by atoms with Gasteiger partial charge in [-0.15, -0.1) is 0 Å². The first-order valence-electron chi connectivity index (χ1n) is 7.56. The van der Waals surface area contributed by atoms with Crippen LogP contribution in [0.2, 0.25) is 0 Å². The topological polar surface area (TPSA) is 63.4 Å². The van der Waals surface area contributed by atoms with E-state index in [0.717, 1.165) is 30.4 Å². The maximum atomic E-state index is 12.8. The number of piperidine rings is 1. The zero-order valence-electron chi connectivity index (χ0n) is 13.4. The van der Waals surface area contributed by atoms with Crippen LogP contribution in [0.25, 0.3) is 0 Å². The van der Waals surface area contributed by atoms with Crippen LogP contribution in [0.3, 0.4) is 0 Å². The molecular weight excluding hydrogens is 284 g/mol. The van der Waals surface area contributed by atoms with E-state index in [0.29, 0.717) is 18.8 Å². The van der Waals surface area contributed by atoms with Crippen LogP contribution in [0.5, 0.6) is 0 Å². The Bertz CT molecular complexity index is 630. The molecule has 5 heteroatoms. The molecule has 2 rings (SSSR count). The van der Waals surface area contributed by atoms with Crippen molar-refractivity contribution in [1.82, 2.24) is 4.31 Å². The van der Waals surface area contributed by atoms with Gasteiger partial charge >= 0.3 is 0 Å². The van der Waals surface area contributed by atoms with Crippen molar-refractivity contribution in [3.05, 3.63) is 23.3 Å². The molecule has 2 N–H and O–H groups in total. The van der Waals surface area contributed by atoms with Crippen LogP contribution >= 0.6 is 0 Å². The molecule has 1 fully saturated rings. The van der Waals surface area contributed by atoms with Crippen molar-refractivity contribution in [3.8, 4) is 0 Å².